The molecule has 2 unspecified atom stereocenters. The van der Waals surface area contributed by atoms with Gasteiger partial charge in [-0.15, -0.1) is 23.2 Å². The van der Waals surface area contributed by atoms with Crippen LogP contribution in [0.2, 0.25) is 0 Å². The van der Waals surface area contributed by atoms with Gasteiger partial charge in [0.05, 0.1) is 0 Å². The minimum atomic E-state index is 0.0438. The fourth-order valence-corrected chi connectivity index (χ4v) is 2.26. The average molecular weight is 205 g/mol. The van der Waals surface area contributed by atoms with Gasteiger partial charge < -0.3 is 0 Å². The maximum Gasteiger partial charge on any atom is 0.0318 e. The number of hydrogen-bond acceptors (Lipinski definition) is 0. The van der Waals surface area contributed by atoms with E-state index in [4.69, 9.17) is 23.2 Å². The zero-order valence-corrected chi connectivity index (χ0v) is 8.99. The summed E-state index contributed by atoms with van der Waals surface area (Å²) in [4.78, 5) is 0. The van der Waals surface area contributed by atoms with Crippen LogP contribution in [0.15, 0.2) is 23.8 Å². The summed E-state index contributed by atoms with van der Waals surface area (Å²) in [6.07, 6.45) is 6.49. The topological polar surface area (TPSA) is 0 Å². The van der Waals surface area contributed by atoms with Gasteiger partial charge >= 0.3 is 0 Å². The first kappa shape index (κ1) is 10.1. The second-order valence-electron chi connectivity index (χ2n) is 3.65. The first-order chi connectivity index (χ1) is 5.62. The molecule has 1 aliphatic rings. The van der Waals surface area contributed by atoms with Crippen molar-refractivity contribution in [2.45, 2.75) is 13.8 Å². The number of halogens is 2. The molecule has 2 atom stereocenters. The molecule has 0 amide bonds. The summed E-state index contributed by atoms with van der Waals surface area (Å²) in [7, 11) is 0. The van der Waals surface area contributed by atoms with E-state index in [2.05, 4.69) is 32.1 Å². The molecule has 0 bridgehead atoms. The van der Waals surface area contributed by atoms with E-state index in [0.29, 0.717) is 17.7 Å². The van der Waals surface area contributed by atoms with Crippen molar-refractivity contribution in [3.63, 3.8) is 0 Å². The van der Waals surface area contributed by atoms with Crippen LogP contribution in [0.4, 0.5) is 0 Å². The van der Waals surface area contributed by atoms with E-state index < -0.39 is 0 Å². The average Bonchev–Trinajstić information content (AvgIpc) is 2.05. The Morgan fingerprint density at radius 1 is 1.50 bits per heavy atom. The monoisotopic (exact) mass is 204 g/mol. The number of allylic oxidation sites excluding steroid dienone is 4. The molecular formula is C10H14Cl2. The zero-order valence-electron chi connectivity index (χ0n) is 7.48. The van der Waals surface area contributed by atoms with Gasteiger partial charge in [0.15, 0.2) is 0 Å². The van der Waals surface area contributed by atoms with Gasteiger partial charge in [-0.1, -0.05) is 30.7 Å². The largest absolute Gasteiger partial charge is 0.126 e. The molecule has 0 aromatic heterocycles. The Bertz CT molecular complexity index is 218. The van der Waals surface area contributed by atoms with Crippen molar-refractivity contribution in [3.05, 3.63) is 23.8 Å². The highest BCUT2D eigenvalue weighted by Gasteiger charge is 2.30. The van der Waals surface area contributed by atoms with Crippen LogP contribution in [0, 0.1) is 11.3 Å². The van der Waals surface area contributed by atoms with Gasteiger partial charge in [-0.2, -0.15) is 0 Å². The maximum atomic E-state index is 5.92. The summed E-state index contributed by atoms with van der Waals surface area (Å²) in [6.45, 7) is 4.24. The Morgan fingerprint density at radius 2 is 2.17 bits per heavy atom. The molecule has 2 heteroatoms. The molecule has 12 heavy (non-hydrogen) atoms. The van der Waals surface area contributed by atoms with E-state index in [9.17, 15) is 0 Å². The van der Waals surface area contributed by atoms with Crippen molar-refractivity contribution in [2.75, 3.05) is 11.8 Å². The van der Waals surface area contributed by atoms with Gasteiger partial charge in [0.2, 0.25) is 0 Å². The maximum absolute atomic E-state index is 5.92. The molecule has 1 aliphatic carbocycles. The highest BCUT2D eigenvalue weighted by atomic mass is 35.5. The molecular weight excluding hydrogens is 191 g/mol. The predicted molar refractivity (Wildman–Crippen MR) is 55.9 cm³/mol. The van der Waals surface area contributed by atoms with Crippen LogP contribution in [0.1, 0.15) is 13.8 Å². The van der Waals surface area contributed by atoms with Gasteiger partial charge in [-0.05, 0) is 6.92 Å². The highest BCUT2D eigenvalue weighted by molar-refractivity contribution is 6.19. The Labute approximate surface area is 84.2 Å². The van der Waals surface area contributed by atoms with Gasteiger partial charge in [0.1, 0.15) is 0 Å². The van der Waals surface area contributed by atoms with Crippen molar-refractivity contribution in [1.29, 1.82) is 0 Å². The summed E-state index contributed by atoms with van der Waals surface area (Å²) < 4.78 is 0. The third kappa shape index (κ3) is 1.86. The quantitative estimate of drug-likeness (QED) is 0.604. The summed E-state index contributed by atoms with van der Waals surface area (Å²) in [5, 5.41) is 0. The van der Waals surface area contributed by atoms with E-state index in [0.717, 1.165) is 0 Å². The minimum Gasteiger partial charge on any atom is -0.126 e. The smallest absolute Gasteiger partial charge is 0.0318 e. The van der Waals surface area contributed by atoms with Gasteiger partial charge in [-0.25, -0.2) is 0 Å². The number of hydrogen-bond donors (Lipinski definition) is 0. The van der Waals surface area contributed by atoms with Crippen LogP contribution in [0.5, 0.6) is 0 Å². The Kier molecular flexibility index (Phi) is 3.25. The lowest BCUT2D eigenvalue weighted by molar-refractivity contribution is 0.371. The first-order valence-electron chi connectivity index (χ1n) is 4.12. The van der Waals surface area contributed by atoms with Crippen molar-refractivity contribution < 1.29 is 0 Å². The van der Waals surface area contributed by atoms with E-state index >= 15 is 0 Å². The third-order valence-corrected chi connectivity index (χ3v) is 3.36. The molecule has 0 aromatic carbocycles. The predicted octanol–water partition coefficient (Wildman–Crippen LogP) is 3.60. The van der Waals surface area contributed by atoms with E-state index in [1.165, 1.54) is 5.57 Å². The van der Waals surface area contributed by atoms with Crippen LogP contribution in [0.25, 0.3) is 0 Å². The second-order valence-corrected chi connectivity index (χ2v) is 4.22. The Hall–Kier alpha value is 0.0600. The molecule has 68 valence electrons. The molecule has 0 fully saturated rings. The molecule has 1 rings (SSSR count). The Balaban J connectivity index is 2.88. The van der Waals surface area contributed by atoms with Crippen molar-refractivity contribution in [3.8, 4) is 0 Å². The van der Waals surface area contributed by atoms with Crippen LogP contribution in [-0.2, 0) is 0 Å². The third-order valence-electron chi connectivity index (χ3n) is 2.45. The summed E-state index contributed by atoms with van der Waals surface area (Å²) in [5.41, 5.74) is 1.32. The molecule has 0 spiro atoms. The normalized spacial score (nSPS) is 35.0. The molecule has 0 N–H and O–H groups in total. The van der Waals surface area contributed by atoms with Gasteiger partial charge in [0, 0.05) is 23.1 Å². The highest BCUT2D eigenvalue weighted by Crippen LogP contribution is 2.36. The standard InChI is InChI=1S/C10H14Cl2/c1-8-3-4-9(6-11)10(2,5-8)7-12/h3-5,9H,6-7H2,1-2H3. The van der Waals surface area contributed by atoms with Gasteiger partial charge in [-0.3, -0.25) is 0 Å². The van der Waals surface area contributed by atoms with E-state index in [-0.39, 0.29) is 5.41 Å². The SMILES string of the molecule is CC1=CC(C)(CCl)C(CCl)C=C1. The summed E-state index contributed by atoms with van der Waals surface area (Å²) in [5.74, 6) is 1.65. The lowest BCUT2D eigenvalue weighted by Crippen LogP contribution is -2.29. The molecule has 0 aliphatic heterocycles. The fraction of sp³-hybridized carbons (Fsp3) is 0.600. The van der Waals surface area contributed by atoms with E-state index in [1.807, 2.05) is 0 Å². The molecule has 0 heterocycles. The fourth-order valence-electron chi connectivity index (χ4n) is 1.53. The molecule has 0 nitrogen and oxygen atoms in total. The number of rotatable bonds is 2. The molecule has 0 saturated heterocycles. The Morgan fingerprint density at radius 3 is 2.67 bits per heavy atom. The van der Waals surface area contributed by atoms with E-state index in [1.54, 1.807) is 0 Å². The molecule has 0 aromatic rings. The van der Waals surface area contributed by atoms with Crippen LogP contribution in [-0.4, -0.2) is 11.8 Å². The lowest BCUT2D eigenvalue weighted by atomic mass is 9.75. The summed E-state index contributed by atoms with van der Waals surface area (Å²) >= 11 is 11.8. The molecule has 0 radical (unpaired) electrons. The zero-order chi connectivity index (χ0) is 9.19. The lowest BCUT2D eigenvalue weighted by Gasteiger charge is -2.33. The number of alkyl halides is 2. The van der Waals surface area contributed by atoms with Crippen LogP contribution in [0.3, 0.4) is 0 Å². The van der Waals surface area contributed by atoms with Gasteiger partial charge in [0.25, 0.3) is 0 Å². The summed E-state index contributed by atoms with van der Waals surface area (Å²) in [6, 6.07) is 0. The second kappa shape index (κ2) is 3.85. The molecule has 0 saturated carbocycles. The van der Waals surface area contributed by atoms with Crippen molar-refractivity contribution >= 4 is 23.2 Å². The minimum absolute atomic E-state index is 0.0438. The van der Waals surface area contributed by atoms with Crippen LogP contribution < -0.4 is 0 Å². The first-order valence-corrected chi connectivity index (χ1v) is 5.19. The van der Waals surface area contributed by atoms with Crippen molar-refractivity contribution in [1.82, 2.24) is 0 Å². The van der Waals surface area contributed by atoms with Crippen LogP contribution >= 0.6 is 23.2 Å². The van der Waals surface area contributed by atoms with Crippen molar-refractivity contribution in [2.24, 2.45) is 11.3 Å².